The maximum absolute atomic E-state index is 11.7. The zero-order valence-electron chi connectivity index (χ0n) is 17.3. The lowest BCUT2D eigenvalue weighted by Gasteiger charge is -2.15. The Bertz CT molecular complexity index is 795. The summed E-state index contributed by atoms with van der Waals surface area (Å²) in [5.74, 6) is 0.681. The first-order valence-corrected chi connectivity index (χ1v) is 15.8. The first kappa shape index (κ1) is 22.2. The highest BCUT2D eigenvalue weighted by Crippen LogP contribution is 2.50. The van der Waals surface area contributed by atoms with E-state index in [0.29, 0.717) is 30.8 Å². The van der Waals surface area contributed by atoms with Crippen LogP contribution in [0.15, 0.2) is 33.7 Å². The molecule has 2 aliphatic rings. The van der Waals surface area contributed by atoms with Crippen molar-refractivity contribution in [1.82, 2.24) is 0 Å². The van der Waals surface area contributed by atoms with E-state index in [0.717, 1.165) is 18.9 Å². The van der Waals surface area contributed by atoms with Gasteiger partial charge in [-0.05, 0) is 81.4 Å². The third kappa shape index (κ3) is 7.08. The molecule has 2 aliphatic carbocycles. The number of thiophene rings is 2. The molecule has 4 nitrogen and oxygen atoms in total. The predicted molar refractivity (Wildman–Crippen MR) is 122 cm³/mol. The topological polar surface area (TPSA) is 63.6 Å². The number of rotatable bonds is 8. The van der Waals surface area contributed by atoms with Crippen LogP contribution in [0.5, 0.6) is 0 Å². The minimum Gasteiger partial charge on any atom is -0.481 e. The van der Waals surface area contributed by atoms with Gasteiger partial charge in [-0.2, -0.15) is 22.7 Å². The molecular formula is C22H30O4S2Si. The van der Waals surface area contributed by atoms with Crippen LogP contribution in [-0.4, -0.2) is 31.7 Å². The maximum atomic E-state index is 11.7. The zero-order chi connectivity index (χ0) is 21.0. The van der Waals surface area contributed by atoms with Gasteiger partial charge in [0.2, 0.25) is 0 Å². The number of ether oxygens (including phenoxy) is 1. The van der Waals surface area contributed by atoms with Crippen molar-refractivity contribution in [2.45, 2.75) is 56.8 Å². The van der Waals surface area contributed by atoms with Crippen LogP contribution >= 0.6 is 22.7 Å². The molecule has 4 atom stereocenters. The first-order chi connectivity index (χ1) is 13.7. The van der Waals surface area contributed by atoms with Gasteiger partial charge in [-0.15, -0.1) is 0 Å². The van der Waals surface area contributed by atoms with Crippen LogP contribution < -0.4 is 0 Å². The van der Waals surface area contributed by atoms with Crippen LogP contribution in [0.4, 0.5) is 0 Å². The summed E-state index contributed by atoms with van der Waals surface area (Å²) in [4.78, 5) is 22.2. The van der Waals surface area contributed by atoms with Gasteiger partial charge in [0, 0.05) is 14.5 Å². The Balaban J connectivity index is 0.000000186. The largest absolute Gasteiger partial charge is 0.481 e. The summed E-state index contributed by atoms with van der Waals surface area (Å²) in [5, 5.41) is 17.0. The van der Waals surface area contributed by atoms with E-state index in [4.69, 9.17) is 9.84 Å². The normalized spacial score (nSPS) is 24.9. The number of carbonyl (C=O) groups is 2. The molecule has 0 aromatic carbocycles. The average molecular weight is 451 g/mol. The second-order valence-electron chi connectivity index (χ2n) is 9.24. The Kier molecular flexibility index (Phi) is 7.35. The quantitative estimate of drug-likeness (QED) is 0.392. The number of hydrogen-bond acceptors (Lipinski definition) is 5. The molecular weight excluding hydrogens is 420 g/mol. The molecule has 29 heavy (non-hydrogen) atoms. The van der Waals surface area contributed by atoms with Gasteiger partial charge in [0.25, 0.3) is 0 Å². The molecule has 7 heteroatoms. The number of aliphatic carboxylic acids is 1. The molecule has 158 valence electrons. The first-order valence-electron chi connectivity index (χ1n) is 10.2. The molecule has 2 aromatic heterocycles. The molecule has 0 amide bonds. The number of carboxylic acid groups (broad SMARTS) is 1. The summed E-state index contributed by atoms with van der Waals surface area (Å²) >= 11 is 3.36. The molecule has 4 unspecified atom stereocenters. The van der Waals surface area contributed by atoms with Crippen molar-refractivity contribution in [3.63, 3.8) is 0 Å². The molecule has 2 fully saturated rings. The molecule has 0 saturated heterocycles. The lowest BCUT2D eigenvalue weighted by Crippen LogP contribution is -2.22. The smallest absolute Gasteiger partial charge is 0.307 e. The third-order valence-electron chi connectivity index (χ3n) is 5.52. The highest BCUT2D eigenvalue weighted by atomic mass is 32.1. The second kappa shape index (κ2) is 9.58. The van der Waals surface area contributed by atoms with Crippen molar-refractivity contribution in [3.05, 3.63) is 44.8 Å². The third-order valence-corrected chi connectivity index (χ3v) is 8.62. The fourth-order valence-corrected chi connectivity index (χ4v) is 5.60. The highest BCUT2D eigenvalue weighted by molar-refractivity contribution is 7.08. The maximum Gasteiger partial charge on any atom is 0.307 e. The highest BCUT2D eigenvalue weighted by Gasteiger charge is 2.44. The lowest BCUT2D eigenvalue weighted by molar-refractivity contribution is -0.143. The molecule has 0 spiro atoms. The fourth-order valence-electron chi connectivity index (χ4n) is 3.43. The molecule has 2 saturated carbocycles. The van der Waals surface area contributed by atoms with Gasteiger partial charge >= 0.3 is 11.9 Å². The molecule has 0 bridgehead atoms. The van der Waals surface area contributed by atoms with Gasteiger partial charge in [-0.3, -0.25) is 9.59 Å². The second-order valence-corrected chi connectivity index (χ2v) is 16.4. The zero-order valence-corrected chi connectivity index (χ0v) is 19.9. The monoisotopic (exact) mass is 450 g/mol. The van der Waals surface area contributed by atoms with Crippen LogP contribution in [0.25, 0.3) is 0 Å². The Hall–Kier alpha value is -1.44. The summed E-state index contributed by atoms with van der Waals surface area (Å²) in [6.45, 7) is 7.52. The van der Waals surface area contributed by atoms with Crippen LogP contribution in [0.1, 0.15) is 42.2 Å². The van der Waals surface area contributed by atoms with E-state index in [9.17, 15) is 9.59 Å². The molecule has 0 radical (unpaired) electrons. The van der Waals surface area contributed by atoms with E-state index in [1.165, 1.54) is 11.1 Å². The van der Waals surface area contributed by atoms with E-state index in [2.05, 4.69) is 36.5 Å². The number of hydrogen-bond donors (Lipinski definition) is 1. The minimum atomic E-state index is -1.08. The Morgan fingerprint density at radius 2 is 1.69 bits per heavy atom. The summed E-state index contributed by atoms with van der Waals surface area (Å²) < 4.78 is 5.33. The van der Waals surface area contributed by atoms with Crippen LogP contribution in [0.2, 0.25) is 25.7 Å². The summed E-state index contributed by atoms with van der Waals surface area (Å²) in [6.07, 6.45) is 2.58. The van der Waals surface area contributed by atoms with E-state index in [1.807, 2.05) is 16.8 Å². The fraction of sp³-hybridized carbons (Fsp3) is 0.545. The number of carboxylic acids is 1. The molecule has 0 aliphatic heterocycles. The van der Waals surface area contributed by atoms with Crippen molar-refractivity contribution < 1.29 is 19.4 Å². The van der Waals surface area contributed by atoms with E-state index >= 15 is 0 Å². The van der Waals surface area contributed by atoms with Crippen molar-refractivity contribution in [3.8, 4) is 0 Å². The van der Waals surface area contributed by atoms with Gasteiger partial charge in [0.1, 0.15) is 0 Å². The van der Waals surface area contributed by atoms with E-state index in [-0.39, 0.29) is 11.9 Å². The summed E-state index contributed by atoms with van der Waals surface area (Å²) in [5.41, 5.74) is 2.60. The standard InChI is InChI=1S/C14H22O2SSi.C8H8O2S/c1-18(2,3)7-5-16-14(15)9-12-8-13(12)11-4-6-17-10-11;9-8(10)7-3-6(7)5-1-2-11-4-5/h4,6,10,12-13H,5,7-9H2,1-3H3;1-2,4,6-7H,3H2,(H,9,10). The van der Waals surface area contributed by atoms with E-state index in [1.54, 1.807) is 22.7 Å². The van der Waals surface area contributed by atoms with Crippen LogP contribution in [0.3, 0.4) is 0 Å². The minimum absolute atomic E-state index is 0.00372. The van der Waals surface area contributed by atoms with Crippen molar-refractivity contribution in [1.29, 1.82) is 0 Å². The van der Waals surface area contributed by atoms with Gasteiger partial charge in [-0.1, -0.05) is 19.6 Å². The number of esters is 1. The lowest BCUT2D eigenvalue weighted by atomic mass is 10.1. The van der Waals surface area contributed by atoms with Gasteiger partial charge in [0.05, 0.1) is 12.5 Å². The van der Waals surface area contributed by atoms with Gasteiger partial charge < -0.3 is 9.84 Å². The van der Waals surface area contributed by atoms with Crippen molar-refractivity contribution >= 4 is 42.7 Å². The Morgan fingerprint density at radius 1 is 1.07 bits per heavy atom. The van der Waals surface area contributed by atoms with Gasteiger partial charge in [0.15, 0.2) is 0 Å². The van der Waals surface area contributed by atoms with Crippen LogP contribution in [-0.2, 0) is 14.3 Å². The average Bonchev–Trinajstić information content (AvgIpc) is 3.44. The Labute approximate surface area is 181 Å². The molecule has 2 heterocycles. The SMILES string of the molecule is C[Si](C)(C)CCOC(=O)CC1CC1c1ccsc1.O=C(O)C1CC1c1ccsc1. The molecule has 1 N–H and O–H groups in total. The van der Waals surface area contributed by atoms with Crippen molar-refractivity contribution in [2.24, 2.45) is 11.8 Å². The molecule has 4 rings (SSSR count). The summed E-state index contributed by atoms with van der Waals surface area (Å²) in [7, 11) is -1.08. The van der Waals surface area contributed by atoms with Crippen LogP contribution in [0, 0.1) is 11.8 Å². The molecule has 2 aromatic rings. The number of carbonyl (C=O) groups excluding carboxylic acids is 1. The van der Waals surface area contributed by atoms with Gasteiger partial charge in [-0.25, -0.2) is 0 Å². The summed E-state index contributed by atoms with van der Waals surface area (Å²) in [6, 6.07) is 5.25. The Morgan fingerprint density at radius 3 is 2.17 bits per heavy atom. The van der Waals surface area contributed by atoms with E-state index < -0.39 is 14.0 Å². The predicted octanol–water partition coefficient (Wildman–Crippen LogP) is 6.06. The van der Waals surface area contributed by atoms with Crippen molar-refractivity contribution in [2.75, 3.05) is 6.61 Å².